The van der Waals surface area contributed by atoms with E-state index in [9.17, 15) is 4.39 Å². The molecule has 0 aromatic carbocycles. The highest BCUT2D eigenvalue weighted by atomic mass is 19.1. The number of ether oxygens (including phenoxy) is 1. The molecular weight excluding hydrogens is 211 g/mol. The van der Waals surface area contributed by atoms with Crippen molar-refractivity contribution in [3.05, 3.63) is 23.6 Å². The molecule has 1 heterocycles. The van der Waals surface area contributed by atoms with Gasteiger partial charge < -0.3 is 14.7 Å². The predicted molar refractivity (Wildman–Crippen MR) is 59.9 cm³/mol. The maximum atomic E-state index is 13.7. The lowest BCUT2D eigenvalue weighted by molar-refractivity contribution is 0.154. The monoisotopic (exact) mass is 228 g/mol. The van der Waals surface area contributed by atoms with Crippen molar-refractivity contribution in [1.29, 1.82) is 0 Å². The van der Waals surface area contributed by atoms with E-state index < -0.39 is 5.82 Å². The lowest BCUT2D eigenvalue weighted by Gasteiger charge is -2.19. The van der Waals surface area contributed by atoms with Gasteiger partial charge in [-0.2, -0.15) is 0 Å². The highest BCUT2D eigenvalue weighted by Gasteiger charge is 2.12. The van der Waals surface area contributed by atoms with E-state index in [0.29, 0.717) is 19.8 Å². The van der Waals surface area contributed by atoms with Crippen LogP contribution in [0.3, 0.4) is 0 Å². The van der Waals surface area contributed by atoms with Gasteiger partial charge in [0.1, 0.15) is 0 Å². The molecule has 4 nitrogen and oxygen atoms in total. The maximum absolute atomic E-state index is 13.7. The van der Waals surface area contributed by atoms with Crippen molar-refractivity contribution in [3.63, 3.8) is 0 Å². The number of aromatic nitrogens is 1. The Morgan fingerprint density at radius 2 is 2.31 bits per heavy atom. The van der Waals surface area contributed by atoms with Crippen LogP contribution in [0.2, 0.25) is 0 Å². The average Bonchev–Trinajstić information content (AvgIpc) is 2.29. The number of halogens is 1. The zero-order valence-corrected chi connectivity index (χ0v) is 9.61. The van der Waals surface area contributed by atoms with Crippen LogP contribution in [0.4, 0.5) is 10.2 Å². The fourth-order valence-corrected chi connectivity index (χ4v) is 1.31. The van der Waals surface area contributed by atoms with Crippen LogP contribution >= 0.6 is 0 Å². The van der Waals surface area contributed by atoms with E-state index in [-0.39, 0.29) is 18.0 Å². The van der Waals surface area contributed by atoms with Crippen molar-refractivity contribution in [2.24, 2.45) is 0 Å². The molecule has 0 fully saturated rings. The summed E-state index contributed by atoms with van der Waals surface area (Å²) in [5.74, 6) is -0.227. The lowest BCUT2D eigenvalue weighted by atomic mass is 10.2. The third kappa shape index (κ3) is 3.15. The third-order valence-electron chi connectivity index (χ3n) is 2.26. The molecule has 90 valence electrons. The Bertz CT molecular complexity index is 334. The Morgan fingerprint density at radius 3 is 2.94 bits per heavy atom. The molecule has 0 bridgehead atoms. The minimum atomic E-state index is -0.469. The number of anilines is 1. The van der Waals surface area contributed by atoms with Crippen LogP contribution in [0.25, 0.3) is 0 Å². The molecule has 0 atom stereocenters. The van der Waals surface area contributed by atoms with Gasteiger partial charge in [0.05, 0.1) is 13.2 Å². The number of likely N-dealkylation sites (N-methyl/N-ethyl adjacent to an activating group) is 1. The second kappa shape index (κ2) is 6.40. The molecule has 5 heteroatoms. The van der Waals surface area contributed by atoms with Gasteiger partial charge in [-0.1, -0.05) is 0 Å². The van der Waals surface area contributed by atoms with E-state index in [1.807, 2.05) is 6.92 Å². The van der Waals surface area contributed by atoms with Gasteiger partial charge in [0.25, 0.3) is 0 Å². The van der Waals surface area contributed by atoms with Gasteiger partial charge in [-0.15, -0.1) is 0 Å². The van der Waals surface area contributed by atoms with Gasteiger partial charge in [0.15, 0.2) is 11.6 Å². The summed E-state index contributed by atoms with van der Waals surface area (Å²) in [6.45, 7) is 3.32. The van der Waals surface area contributed by atoms with Crippen LogP contribution in [-0.4, -0.2) is 36.9 Å². The first-order chi connectivity index (χ1) is 7.70. The number of rotatable bonds is 6. The Morgan fingerprint density at radius 1 is 1.56 bits per heavy atom. The number of hydrogen-bond donors (Lipinski definition) is 1. The molecule has 0 saturated heterocycles. The molecule has 0 saturated carbocycles. The summed E-state index contributed by atoms with van der Waals surface area (Å²) < 4.78 is 18.9. The van der Waals surface area contributed by atoms with Crippen LogP contribution in [0.5, 0.6) is 0 Å². The molecule has 0 aliphatic carbocycles. The zero-order chi connectivity index (χ0) is 12.0. The van der Waals surface area contributed by atoms with Gasteiger partial charge in [-0.3, -0.25) is 0 Å². The van der Waals surface area contributed by atoms with Crippen LogP contribution < -0.4 is 4.90 Å². The third-order valence-corrected chi connectivity index (χ3v) is 2.26. The number of aliphatic hydroxyl groups excluding tert-OH is 1. The maximum Gasteiger partial charge on any atom is 0.171 e. The van der Waals surface area contributed by atoms with Crippen LogP contribution in [0.1, 0.15) is 12.5 Å². The Kier molecular flexibility index (Phi) is 5.14. The molecule has 1 N–H and O–H groups in total. The molecule has 0 unspecified atom stereocenters. The first-order valence-corrected chi connectivity index (χ1v) is 5.23. The first-order valence-electron chi connectivity index (χ1n) is 5.23. The van der Waals surface area contributed by atoms with E-state index in [4.69, 9.17) is 9.84 Å². The molecule has 0 spiro atoms. The van der Waals surface area contributed by atoms with Gasteiger partial charge in [-0.25, -0.2) is 9.37 Å². The van der Waals surface area contributed by atoms with Gasteiger partial charge in [-0.05, 0) is 13.0 Å². The molecular formula is C11H17FN2O2. The molecule has 0 aliphatic heterocycles. The molecule has 16 heavy (non-hydrogen) atoms. The number of nitrogens with zero attached hydrogens (tertiary/aromatic N) is 2. The fraction of sp³-hybridized carbons (Fsp3) is 0.545. The Balaban J connectivity index is 2.71. The molecule has 0 amide bonds. The summed E-state index contributed by atoms with van der Waals surface area (Å²) in [5, 5.41) is 8.93. The van der Waals surface area contributed by atoms with E-state index in [1.165, 1.54) is 12.3 Å². The van der Waals surface area contributed by atoms with Crippen LogP contribution in [-0.2, 0) is 11.3 Å². The minimum absolute atomic E-state index is 0.242. The molecule has 1 aromatic rings. The standard InChI is InChI=1S/C11H17FN2O2/c1-3-16-7-6-14(2)11-10(12)9(8-15)4-5-13-11/h4-5,15H,3,6-8H2,1-2H3. The largest absolute Gasteiger partial charge is 0.392 e. The average molecular weight is 228 g/mol. The number of pyridine rings is 1. The van der Waals surface area contributed by atoms with Crippen LogP contribution in [0.15, 0.2) is 12.3 Å². The second-order valence-corrected chi connectivity index (χ2v) is 3.38. The molecule has 0 aliphatic rings. The number of aliphatic hydroxyl groups is 1. The van der Waals surface area contributed by atoms with Crippen molar-refractivity contribution in [3.8, 4) is 0 Å². The van der Waals surface area contributed by atoms with Crippen molar-refractivity contribution in [1.82, 2.24) is 4.98 Å². The Labute approximate surface area is 94.7 Å². The minimum Gasteiger partial charge on any atom is -0.392 e. The van der Waals surface area contributed by atoms with E-state index in [2.05, 4.69) is 4.98 Å². The van der Waals surface area contributed by atoms with Gasteiger partial charge >= 0.3 is 0 Å². The summed E-state index contributed by atoms with van der Waals surface area (Å²) in [7, 11) is 1.74. The summed E-state index contributed by atoms with van der Waals surface area (Å²) >= 11 is 0. The van der Waals surface area contributed by atoms with Gasteiger partial charge in [0.2, 0.25) is 0 Å². The van der Waals surface area contributed by atoms with Crippen molar-refractivity contribution >= 4 is 5.82 Å². The smallest absolute Gasteiger partial charge is 0.171 e. The topological polar surface area (TPSA) is 45.6 Å². The van der Waals surface area contributed by atoms with E-state index in [1.54, 1.807) is 11.9 Å². The van der Waals surface area contributed by atoms with E-state index in [0.717, 1.165) is 0 Å². The fourth-order valence-electron chi connectivity index (χ4n) is 1.31. The Hall–Kier alpha value is -1.20. The van der Waals surface area contributed by atoms with Crippen LogP contribution in [0, 0.1) is 5.82 Å². The van der Waals surface area contributed by atoms with Gasteiger partial charge in [0, 0.05) is 32.0 Å². The van der Waals surface area contributed by atoms with E-state index >= 15 is 0 Å². The normalized spacial score (nSPS) is 10.5. The quantitative estimate of drug-likeness (QED) is 0.743. The van der Waals surface area contributed by atoms with Crippen molar-refractivity contribution in [2.75, 3.05) is 31.7 Å². The zero-order valence-electron chi connectivity index (χ0n) is 9.61. The summed E-state index contributed by atoms with van der Waals surface area (Å²) in [5.41, 5.74) is 0.258. The second-order valence-electron chi connectivity index (χ2n) is 3.38. The SMILES string of the molecule is CCOCCN(C)c1nccc(CO)c1F. The predicted octanol–water partition coefficient (Wildman–Crippen LogP) is 1.19. The summed E-state index contributed by atoms with van der Waals surface area (Å²) in [6.07, 6.45) is 1.49. The number of hydrogen-bond acceptors (Lipinski definition) is 4. The molecule has 1 rings (SSSR count). The molecule has 0 radical (unpaired) electrons. The van der Waals surface area contributed by atoms with Crippen molar-refractivity contribution in [2.45, 2.75) is 13.5 Å². The summed E-state index contributed by atoms with van der Waals surface area (Å²) in [6, 6.07) is 1.47. The first kappa shape index (κ1) is 12.9. The highest BCUT2D eigenvalue weighted by Crippen LogP contribution is 2.17. The highest BCUT2D eigenvalue weighted by molar-refractivity contribution is 5.41. The van der Waals surface area contributed by atoms with Crippen molar-refractivity contribution < 1.29 is 14.2 Å². The lowest BCUT2D eigenvalue weighted by Crippen LogP contribution is -2.25. The molecule has 1 aromatic heterocycles. The summed E-state index contributed by atoms with van der Waals surface area (Å²) in [4.78, 5) is 5.62.